The van der Waals surface area contributed by atoms with Gasteiger partial charge in [-0.2, -0.15) is 13.2 Å². The van der Waals surface area contributed by atoms with Gasteiger partial charge in [-0.15, -0.1) is 11.8 Å². The molecule has 0 spiro atoms. The van der Waals surface area contributed by atoms with Crippen LogP contribution >= 0.6 is 11.8 Å². The molecule has 0 saturated heterocycles. The highest BCUT2D eigenvalue weighted by Crippen LogP contribution is 2.35. The van der Waals surface area contributed by atoms with Crippen LogP contribution in [0.4, 0.5) is 23.7 Å². The molecule has 1 atom stereocenters. The number of carbonyl (C=O) groups excluding carboxylic acids is 2. The fourth-order valence-electron chi connectivity index (χ4n) is 3.07. The second-order valence-corrected chi connectivity index (χ2v) is 7.22. The number of nitrogens with one attached hydrogen (secondary N) is 3. The summed E-state index contributed by atoms with van der Waals surface area (Å²) >= 11 is 1.54. The zero-order chi connectivity index (χ0) is 21.2. The molecule has 1 aliphatic heterocycles. The first-order valence-electron chi connectivity index (χ1n) is 8.60. The van der Waals surface area contributed by atoms with E-state index >= 15 is 0 Å². The summed E-state index contributed by atoms with van der Waals surface area (Å²) in [5, 5.41) is 7.51. The third kappa shape index (κ3) is 4.56. The van der Waals surface area contributed by atoms with Crippen LogP contribution in [-0.2, 0) is 11.0 Å². The Morgan fingerprint density at radius 1 is 1.10 bits per heavy atom. The molecule has 3 rings (SSSR count). The number of thioether (sulfide) groups is 1. The van der Waals surface area contributed by atoms with Gasteiger partial charge in [0.15, 0.2) is 0 Å². The van der Waals surface area contributed by atoms with Gasteiger partial charge >= 0.3 is 12.2 Å². The van der Waals surface area contributed by atoms with Gasteiger partial charge in [0.2, 0.25) is 0 Å². The van der Waals surface area contributed by atoms with Crippen LogP contribution in [0.25, 0.3) is 0 Å². The summed E-state index contributed by atoms with van der Waals surface area (Å²) in [4.78, 5) is 25.9. The van der Waals surface area contributed by atoms with Crippen LogP contribution < -0.4 is 16.0 Å². The van der Waals surface area contributed by atoms with Gasteiger partial charge < -0.3 is 16.0 Å². The lowest BCUT2D eigenvalue weighted by molar-refractivity contribution is -0.137. The smallest absolute Gasteiger partial charge is 0.327 e. The molecule has 0 radical (unpaired) electrons. The molecular weight excluding hydrogens is 403 g/mol. The molecule has 0 unspecified atom stereocenters. The molecule has 1 aliphatic rings. The molecule has 5 nitrogen and oxygen atoms in total. The largest absolute Gasteiger partial charge is 0.418 e. The SMILES string of the molecule is CSc1ccc([C@H]2NC(=O)NC(C)=C2C(=O)Nc2ccccc2C(F)(F)F)cc1. The number of carbonyl (C=O) groups is 2. The predicted octanol–water partition coefficient (Wildman–Crippen LogP) is 4.69. The molecule has 0 fully saturated rings. The van der Waals surface area contributed by atoms with Crippen LogP contribution in [-0.4, -0.2) is 18.2 Å². The quantitative estimate of drug-likeness (QED) is 0.627. The van der Waals surface area contributed by atoms with E-state index in [2.05, 4.69) is 16.0 Å². The molecule has 3 amide bonds. The zero-order valence-corrected chi connectivity index (χ0v) is 16.4. The van der Waals surface area contributed by atoms with Crippen LogP contribution in [0.5, 0.6) is 0 Å². The number of rotatable bonds is 4. The van der Waals surface area contributed by atoms with Crippen molar-refractivity contribution in [2.24, 2.45) is 0 Å². The molecule has 152 valence electrons. The molecule has 2 aromatic carbocycles. The lowest BCUT2D eigenvalue weighted by atomic mass is 9.94. The van der Waals surface area contributed by atoms with Crippen molar-refractivity contribution in [1.82, 2.24) is 10.6 Å². The Morgan fingerprint density at radius 2 is 1.76 bits per heavy atom. The van der Waals surface area contributed by atoms with E-state index in [0.717, 1.165) is 11.0 Å². The summed E-state index contributed by atoms with van der Waals surface area (Å²) in [7, 11) is 0. The molecule has 3 N–H and O–H groups in total. The van der Waals surface area contributed by atoms with Crippen molar-refractivity contribution in [1.29, 1.82) is 0 Å². The molecule has 0 aliphatic carbocycles. The van der Waals surface area contributed by atoms with Crippen molar-refractivity contribution in [2.75, 3.05) is 11.6 Å². The standard InChI is InChI=1S/C20H18F3N3O2S/c1-11-16(18(27)25-15-6-4-3-5-14(15)20(21,22)23)17(26-19(28)24-11)12-7-9-13(29-2)10-8-12/h3-10,17H,1-2H3,(H,25,27)(H2,24,26,28)/t17-/m1/s1. The van der Waals surface area contributed by atoms with Gasteiger partial charge in [0.1, 0.15) is 0 Å². The van der Waals surface area contributed by atoms with E-state index in [1.165, 1.54) is 25.1 Å². The maximum atomic E-state index is 13.2. The Labute approximate surface area is 169 Å². The highest BCUT2D eigenvalue weighted by atomic mass is 32.2. The first-order valence-corrected chi connectivity index (χ1v) is 9.83. The van der Waals surface area contributed by atoms with Gasteiger partial charge in [0.25, 0.3) is 5.91 Å². The Morgan fingerprint density at radius 3 is 2.38 bits per heavy atom. The van der Waals surface area contributed by atoms with Gasteiger partial charge in [0.05, 0.1) is 22.9 Å². The maximum Gasteiger partial charge on any atom is 0.418 e. The Kier molecular flexibility index (Phi) is 5.88. The molecular formula is C20H18F3N3O2S. The summed E-state index contributed by atoms with van der Waals surface area (Å²) in [5.74, 6) is -0.731. The van der Waals surface area contributed by atoms with Crippen LogP contribution in [0.3, 0.4) is 0 Å². The van der Waals surface area contributed by atoms with Crippen molar-refractivity contribution in [3.05, 3.63) is 70.9 Å². The van der Waals surface area contributed by atoms with E-state index in [9.17, 15) is 22.8 Å². The van der Waals surface area contributed by atoms with E-state index in [0.29, 0.717) is 5.56 Å². The first kappa shape index (κ1) is 20.8. The molecule has 0 saturated carbocycles. The monoisotopic (exact) mass is 421 g/mol. The average molecular weight is 421 g/mol. The summed E-state index contributed by atoms with van der Waals surface area (Å²) in [6.45, 7) is 1.53. The Hall–Kier alpha value is -2.94. The van der Waals surface area contributed by atoms with Gasteiger partial charge in [-0.1, -0.05) is 24.3 Å². The molecule has 9 heteroatoms. The van der Waals surface area contributed by atoms with Crippen molar-refractivity contribution in [2.45, 2.75) is 24.0 Å². The third-order valence-corrected chi connectivity index (χ3v) is 5.19. The fourth-order valence-corrected chi connectivity index (χ4v) is 3.48. The van der Waals surface area contributed by atoms with Crippen molar-refractivity contribution in [3.8, 4) is 0 Å². The predicted molar refractivity (Wildman–Crippen MR) is 105 cm³/mol. The van der Waals surface area contributed by atoms with Crippen molar-refractivity contribution >= 4 is 29.4 Å². The second kappa shape index (κ2) is 8.20. The number of benzene rings is 2. The van der Waals surface area contributed by atoms with Crippen LogP contribution in [0.2, 0.25) is 0 Å². The molecule has 2 aromatic rings. The van der Waals surface area contributed by atoms with Crippen molar-refractivity contribution < 1.29 is 22.8 Å². The summed E-state index contributed by atoms with van der Waals surface area (Å²) in [5.41, 5.74) is -0.238. The highest BCUT2D eigenvalue weighted by Gasteiger charge is 2.35. The number of para-hydroxylation sites is 1. The fraction of sp³-hybridized carbons (Fsp3) is 0.200. The number of hydrogen-bond acceptors (Lipinski definition) is 3. The lowest BCUT2D eigenvalue weighted by Gasteiger charge is -2.29. The maximum absolute atomic E-state index is 13.2. The third-order valence-electron chi connectivity index (χ3n) is 4.44. The number of urea groups is 1. The second-order valence-electron chi connectivity index (χ2n) is 6.34. The zero-order valence-electron chi connectivity index (χ0n) is 15.6. The highest BCUT2D eigenvalue weighted by molar-refractivity contribution is 7.98. The van der Waals surface area contributed by atoms with Crippen molar-refractivity contribution in [3.63, 3.8) is 0 Å². The minimum absolute atomic E-state index is 0.137. The normalized spacial score (nSPS) is 16.9. The Balaban J connectivity index is 1.96. The van der Waals surface area contributed by atoms with Crippen LogP contribution in [0, 0.1) is 0 Å². The summed E-state index contributed by atoms with van der Waals surface area (Å²) < 4.78 is 39.7. The van der Waals surface area contributed by atoms with Gasteiger partial charge in [0, 0.05) is 10.6 Å². The number of hydrogen-bond donors (Lipinski definition) is 3. The lowest BCUT2D eigenvalue weighted by Crippen LogP contribution is -2.46. The average Bonchev–Trinajstić information content (AvgIpc) is 2.67. The van der Waals surface area contributed by atoms with E-state index in [4.69, 9.17) is 0 Å². The number of alkyl halides is 3. The number of anilines is 1. The first-order chi connectivity index (χ1) is 13.7. The molecule has 29 heavy (non-hydrogen) atoms. The van der Waals surface area contributed by atoms with Gasteiger partial charge in [-0.05, 0) is 43.0 Å². The minimum Gasteiger partial charge on any atom is -0.327 e. The topological polar surface area (TPSA) is 70.2 Å². The Bertz CT molecular complexity index is 972. The van der Waals surface area contributed by atoms with Gasteiger partial charge in [-0.25, -0.2) is 4.79 Å². The summed E-state index contributed by atoms with van der Waals surface area (Å²) in [6.07, 6.45) is -2.69. The van der Waals surface area contributed by atoms with E-state index in [1.807, 2.05) is 18.4 Å². The van der Waals surface area contributed by atoms with E-state index in [1.54, 1.807) is 23.9 Å². The van der Waals surface area contributed by atoms with Crippen LogP contribution in [0.15, 0.2) is 64.7 Å². The number of allylic oxidation sites excluding steroid dienone is 1. The number of amides is 3. The molecule has 0 aromatic heterocycles. The van der Waals surface area contributed by atoms with E-state index in [-0.39, 0.29) is 17.0 Å². The molecule has 1 heterocycles. The molecule has 0 bridgehead atoms. The van der Waals surface area contributed by atoms with Crippen LogP contribution in [0.1, 0.15) is 24.1 Å². The summed E-state index contributed by atoms with van der Waals surface area (Å²) in [6, 6.07) is 10.7. The number of halogens is 3. The van der Waals surface area contributed by atoms with Gasteiger partial charge in [-0.3, -0.25) is 4.79 Å². The van der Waals surface area contributed by atoms with E-state index < -0.39 is 29.7 Å². The minimum atomic E-state index is -4.61.